The minimum atomic E-state index is -0.329. The number of Topliss-reactive ketones (excluding diaryl/α,β-unsaturated/α-hetero) is 1. The Labute approximate surface area is 91.7 Å². The van der Waals surface area contributed by atoms with Gasteiger partial charge in [-0.05, 0) is 31.2 Å². The topological polar surface area (TPSA) is 47.8 Å². The van der Waals surface area contributed by atoms with E-state index in [9.17, 15) is 9.18 Å². The van der Waals surface area contributed by atoms with Gasteiger partial charge in [0.15, 0.2) is 5.78 Å². The molecule has 0 saturated carbocycles. The summed E-state index contributed by atoms with van der Waals surface area (Å²) in [6, 6.07) is 5.73. The summed E-state index contributed by atoms with van der Waals surface area (Å²) in [4.78, 5) is 11.4. The zero-order valence-corrected chi connectivity index (χ0v) is 8.94. The molecule has 0 aliphatic rings. The summed E-state index contributed by atoms with van der Waals surface area (Å²) in [6.45, 7) is 3.16. The third-order valence-corrected chi connectivity index (χ3v) is 2.24. The van der Waals surface area contributed by atoms with E-state index in [1.165, 1.54) is 23.7 Å². The van der Waals surface area contributed by atoms with Crippen LogP contribution in [-0.4, -0.2) is 20.8 Å². The highest BCUT2D eigenvalue weighted by molar-refractivity contribution is 5.93. The number of aromatic nitrogens is 3. The van der Waals surface area contributed by atoms with E-state index in [-0.39, 0.29) is 11.6 Å². The van der Waals surface area contributed by atoms with Crippen LogP contribution in [0.4, 0.5) is 4.39 Å². The van der Waals surface area contributed by atoms with Crippen LogP contribution in [0.2, 0.25) is 0 Å². The molecule has 0 amide bonds. The zero-order valence-electron chi connectivity index (χ0n) is 8.94. The Balaban J connectivity index is 2.56. The fraction of sp³-hybridized carbons (Fsp3) is 0.182. The molecule has 16 heavy (non-hydrogen) atoms. The van der Waals surface area contributed by atoms with Crippen LogP contribution < -0.4 is 0 Å². The van der Waals surface area contributed by atoms with Crippen LogP contribution >= 0.6 is 0 Å². The van der Waals surface area contributed by atoms with Gasteiger partial charge in [0, 0.05) is 6.92 Å². The molecule has 1 heterocycles. The number of carbonyl (C=O) groups is 1. The van der Waals surface area contributed by atoms with Crippen LogP contribution in [0.1, 0.15) is 23.1 Å². The minimum absolute atomic E-state index is 0.119. The van der Waals surface area contributed by atoms with Crippen molar-refractivity contribution in [3.8, 4) is 5.69 Å². The van der Waals surface area contributed by atoms with Crippen molar-refractivity contribution in [2.24, 2.45) is 0 Å². The van der Waals surface area contributed by atoms with Gasteiger partial charge in [0.1, 0.15) is 11.5 Å². The number of ketones is 1. The SMILES string of the molecule is CC(=O)c1c(C)nnn1-c1ccc(F)cc1. The minimum Gasteiger partial charge on any atom is -0.293 e. The maximum atomic E-state index is 12.8. The van der Waals surface area contributed by atoms with Crippen molar-refractivity contribution >= 4 is 5.78 Å². The Bertz CT molecular complexity index is 531. The van der Waals surface area contributed by atoms with Crippen LogP contribution in [0.3, 0.4) is 0 Å². The molecular weight excluding hydrogens is 209 g/mol. The maximum absolute atomic E-state index is 12.8. The van der Waals surface area contributed by atoms with E-state index in [0.717, 1.165) is 0 Å². The van der Waals surface area contributed by atoms with E-state index in [1.807, 2.05) is 0 Å². The Morgan fingerprint density at radius 2 is 1.94 bits per heavy atom. The first-order chi connectivity index (χ1) is 7.59. The number of hydrogen-bond acceptors (Lipinski definition) is 3. The van der Waals surface area contributed by atoms with Crippen LogP contribution in [0.15, 0.2) is 24.3 Å². The largest absolute Gasteiger partial charge is 0.293 e. The van der Waals surface area contributed by atoms with Crippen LogP contribution in [0.25, 0.3) is 5.69 Å². The van der Waals surface area contributed by atoms with E-state index in [1.54, 1.807) is 19.1 Å². The van der Waals surface area contributed by atoms with Crippen molar-refractivity contribution < 1.29 is 9.18 Å². The lowest BCUT2D eigenvalue weighted by molar-refractivity contribution is 0.101. The lowest BCUT2D eigenvalue weighted by atomic mass is 10.2. The Morgan fingerprint density at radius 1 is 1.31 bits per heavy atom. The summed E-state index contributed by atoms with van der Waals surface area (Å²) in [6.07, 6.45) is 0. The maximum Gasteiger partial charge on any atom is 0.180 e. The van der Waals surface area contributed by atoms with Gasteiger partial charge in [-0.2, -0.15) is 0 Å². The molecule has 0 aliphatic heterocycles. The highest BCUT2D eigenvalue weighted by Gasteiger charge is 2.14. The average molecular weight is 219 g/mol. The van der Waals surface area contributed by atoms with Crippen molar-refractivity contribution in [3.05, 3.63) is 41.5 Å². The van der Waals surface area contributed by atoms with Gasteiger partial charge in [-0.3, -0.25) is 4.79 Å². The predicted molar refractivity (Wildman–Crippen MR) is 56.1 cm³/mol. The third-order valence-electron chi connectivity index (χ3n) is 2.24. The monoisotopic (exact) mass is 219 g/mol. The van der Waals surface area contributed by atoms with Gasteiger partial charge >= 0.3 is 0 Å². The number of aryl methyl sites for hydroxylation is 1. The summed E-state index contributed by atoms with van der Waals surface area (Å²) in [5, 5.41) is 7.70. The molecule has 0 aliphatic carbocycles. The fourth-order valence-electron chi connectivity index (χ4n) is 1.52. The molecule has 1 aromatic carbocycles. The molecule has 0 N–H and O–H groups in total. The standard InChI is InChI=1S/C11H10FN3O/c1-7-11(8(2)16)15(14-13-7)10-5-3-9(12)4-6-10/h3-6H,1-2H3. The molecule has 0 saturated heterocycles. The molecule has 0 bridgehead atoms. The first-order valence-electron chi connectivity index (χ1n) is 4.79. The highest BCUT2D eigenvalue weighted by atomic mass is 19.1. The lowest BCUT2D eigenvalue weighted by Gasteiger charge is -2.03. The summed E-state index contributed by atoms with van der Waals surface area (Å²) in [5.74, 6) is -0.447. The van der Waals surface area contributed by atoms with E-state index in [2.05, 4.69) is 10.3 Å². The summed E-state index contributed by atoms with van der Waals surface area (Å²) in [5.41, 5.74) is 1.61. The molecule has 5 heteroatoms. The quantitative estimate of drug-likeness (QED) is 0.725. The predicted octanol–water partition coefficient (Wildman–Crippen LogP) is 1.92. The zero-order chi connectivity index (χ0) is 11.7. The molecule has 0 spiro atoms. The van der Waals surface area contributed by atoms with Crippen LogP contribution in [0.5, 0.6) is 0 Å². The number of nitrogens with zero attached hydrogens (tertiary/aromatic N) is 3. The summed E-state index contributed by atoms with van der Waals surface area (Å²) >= 11 is 0. The third kappa shape index (κ3) is 1.71. The fourth-order valence-corrected chi connectivity index (χ4v) is 1.52. The van der Waals surface area contributed by atoms with Crippen LogP contribution in [0, 0.1) is 12.7 Å². The van der Waals surface area contributed by atoms with Crippen molar-refractivity contribution in [1.82, 2.24) is 15.0 Å². The van der Waals surface area contributed by atoms with Crippen molar-refractivity contribution in [1.29, 1.82) is 0 Å². The number of rotatable bonds is 2. The normalized spacial score (nSPS) is 10.4. The molecule has 0 radical (unpaired) electrons. The highest BCUT2D eigenvalue weighted by Crippen LogP contribution is 2.13. The van der Waals surface area contributed by atoms with Crippen molar-refractivity contribution in [2.45, 2.75) is 13.8 Å². The molecule has 2 aromatic rings. The molecule has 0 fully saturated rings. The van der Waals surface area contributed by atoms with E-state index in [0.29, 0.717) is 17.1 Å². The lowest BCUT2D eigenvalue weighted by Crippen LogP contribution is -2.07. The number of carbonyl (C=O) groups excluding carboxylic acids is 1. The molecule has 0 atom stereocenters. The first-order valence-corrected chi connectivity index (χ1v) is 4.79. The van der Waals surface area contributed by atoms with Gasteiger partial charge in [-0.15, -0.1) is 5.10 Å². The van der Waals surface area contributed by atoms with E-state index >= 15 is 0 Å². The first kappa shape index (κ1) is 10.5. The number of benzene rings is 1. The Morgan fingerprint density at radius 3 is 2.50 bits per heavy atom. The Kier molecular flexibility index (Phi) is 2.52. The van der Waals surface area contributed by atoms with Gasteiger partial charge < -0.3 is 0 Å². The van der Waals surface area contributed by atoms with Crippen molar-refractivity contribution in [3.63, 3.8) is 0 Å². The van der Waals surface area contributed by atoms with Gasteiger partial charge in [0.25, 0.3) is 0 Å². The van der Waals surface area contributed by atoms with E-state index < -0.39 is 0 Å². The molecular formula is C11H10FN3O. The molecule has 4 nitrogen and oxygen atoms in total. The number of halogens is 1. The van der Waals surface area contributed by atoms with Gasteiger partial charge in [0.2, 0.25) is 0 Å². The van der Waals surface area contributed by atoms with Crippen molar-refractivity contribution in [2.75, 3.05) is 0 Å². The molecule has 0 unspecified atom stereocenters. The second-order valence-electron chi connectivity index (χ2n) is 3.47. The summed E-state index contributed by atoms with van der Waals surface area (Å²) < 4.78 is 14.2. The summed E-state index contributed by atoms with van der Waals surface area (Å²) in [7, 11) is 0. The van der Waals surface area contributed by atoms with Gasteiger partial charge in [0.05, 0.1) is 11.4 Å². The number of hydrogen-bond donors (Lipinski definition) is 0. The molecule has 2 rings (SSSR count). The van der Waals surface area contributed by atoms with Crippen LogP contribution in [-0.2, 0) is 0 Å². The van der Waals surface area contributed by atoms with Gasteiger partial charge in [-0.1, -0.05) is 5.21 Å². The average Bonchev–Trinajstić information content (AvgIpc) is 2.61. The van der Waals surface area contributed by atoms with Gasteiger partial charge in [-0.25, -0.2) is 9.07 Å². The Hall–Kier alpha value is -2.04. The molecule has 82 valence electrons. The smallest absolute Gasteiger partial charge is 0.180 e. The molecule has 1 aromatic heterocycles. The van der Waals surface area contributed by atoms with E-state index in [4.69, 9.17) is 0 Å². The second kappa shape index (κ2) is 3.84. The second-order valence-corrected chi connectivity index (χ2v) is 3.47.